The van der Waals surface area contributed by atoms with Crippen LogP contribution in [0.3, 0.4) is 0 Å². The lowest BCUT2D eigenvalue weighted by Gasteiger charge is -2.09. The Hall–Kier alpha value is -1.88. The van der Waals surface area contributed by atoms with Gasteiger partial charge in [0.15, 0.2) is 0 Å². The molecule has 0 bridgehead atoms. The maximum absolute atomic E-state index is 5.77. The minimum Gasteiger partial charge on any atom is -0.493 e. The van der Waals surface area contributed by atoms with Crippen LogP contribution in [0.4, 0.5) is 0 Å². The van der Waals surface area contributed by atoms with Crippen LogP contribution in [0.5, 0.6) is 5.75 Å². The molecule has 2 N–H and O–H groups in total. The average molecular weight is 274 g/mol. The Balaban J connectivity index is 1.72. The molecule has 1 aromatic heterocycles. The zero-order valence-electron chi connectivity index (χ0n) is 12.2. The first-order valence-electron chi connectivity index (χ1n) is 7.00. The van der Waals surface area contributed by atoms with Crippen molar-refractivity contribution in [3.05, 3.63) is 41.2 Å². The summed E-state index contributed by atoms with van der Waals surface area (Å²) < 4.78 is 7.68. The van der Waals surface area contributed by atoms with Gasteiger partial charge in [0.1, 0.15) is 5.75 Å². The molecule has 0 radical (unpaired) electrons. The van der Waals surface area contributed by atoms with Gasteiger partial charge in [0.05, 0.1) is 18.0 Å². The fourth-order valence-electron chi connectivity index (χ4n) is 2.06. The number of aryl methyl sites for hydroxylation is 2. The maximum Gasteiger partial charge on any atom is 0.122 e. The SMILES string of the molecule is Cc1ccccc1OCCCCn1nnc(CN)c1C. The molecule has 2 rings (SSSR count). The van der Waals surface area contributed by atoms with Crippen molar-refractivity contribution >= 4 is 0 Å². The number of nitrogens with zero attached hydrogens (tertiary/aromatic N) is 3. The summed E-state index contributed by atoms with van der Waals surface area (Å²) >= 11 is 0. The molecule has 5 nitrogen and oxygen atoms in total. The van der Waals surface area contributed by atoms with E-state index in [4.69, 9.17) is 10.5 Å². The van der Waals surface area contributed by atoms with E-state index in [1.54, 1.807) is 0 Å². The Labute approximate surface area is 119 Å². The van der Waals surface area contributed by atoms with Crippen molar-refractivity contribution in [3.8, 4) is 5.75 Å². The number of unbranched alkanes of at least 4 members (excludes halogenated alkanes) is 1. The predicted octanol–water partition coefficient (Wildman–Crippen LogP) is 2.21. The third-order valence-corrected chi connectivity index (χ3v) is 3.39. The Bertz CT molecular complexity index is 551. The molecule has 0 aliphatic rings. The molecule has 0 unspecified atom stereocenters. The summed E-state index contributed by atoms with van der Waals surface area (Å²) in [4.78, 5) is 0. The molecule has 0 saturated carbocycles. The molecule has 0 fully saturated rings. The van der Waals surface area contributed by atoms with E-state index < -0.39 is 0 Å². The highest BCUT2D eigenvalue weighted by atomic mass is 16.5. The van der Waals surface area contributed by atoms with E-state index in [-0.39, 0.29) is 0 Å². The van der Waals surface area contributed by atoms with Gasteiger partial charge in [0.25, 0.3) is 0 Å². The van der Waals surface area contributed by atoms with Gasteiger partial charge in [-0.05, 0) is 38.3 Å². The standard InChI is InChI=1S/C15H22N4O/c1-12-7-3-4-8-15(12)20-10-6-5-9-19-13(2)14(11-16)17-18-19/h3-4,7-8H,5-6,9-11,16H2,1-2H3. The van der Waals surface area contributed by atoms with Crippen molar-refractivity contribution in [1.82, 2.24) is 15.0 Å². The van der Waals surface area contributed by atoms with Gasteiger partial charge >= 0.3 is 0 Å². The molecule has 0 spiro atoms. The van der Waals surface area contributed by atoms with E-state index in [0.717, 1.165) is 43.1 Å². The minimum atomic E-state index is 0.447. The van der Waals surface area contributed by atoms with Crippen molar-refractivity contribution < 1.29 is 4.74 Å². The van der Waals surface area contributed by atoms with Crippen molar-refractivity contribution in [2.75, 3.05) is 6.61 Å². The number of ether oxygens (including phenoxy) is 1. The Morgan fingerprint density at radius 2 is 2.00 bits per heavy atom. The van der Waals surface area contributed by atoms with Crippen LogP contribution < -0.4 is 10.5 Å². The first kappa shape index (κ1) is 14.5. The lowest BCUT2D eigenvalue weighted by atomic mass is 10.2. The van der Waals surface area contributed by atoms with E-state index in [9.17, 15) is 0 Å². The highest BCUT2D eigenvalue weighted by Gasteiger charge is 2.06. The topological polar surface area (TPSA) is 66.0 Å². The normalized spacial score (nSPS) is 10.8. The molecule has 0 aliphatic carbocycles. The fraction of sp³-hybridized carbons (Fsp3) is 0.467. The van der Waals surface area contributed by atoms with Gasteiger partial charge in [0.2, 0.25) is 0 Å². The number of aromatic nitrogens is 3. The number of benzene rings is 1. The quantitative estimate of drug-likeness (QED) is 0.786. The number of para-hydroxylation sites is 1. The Morgan fingerprint density at radius 1 is 1.20 bits per heavy atom. The molecule has 0 atom stereocenters. The summed E-state index contributed by atoms with van der Waals surface area (Å²) in [5.41, 5.74) is 8.69. The van der Waals surface area contributed by atoms with E-state index in [2.05, 4.69) is 23.3 Å². The number of hydrogen-bond acceptors (Lipinski definition) is 4. The highest BCUT2D eigenvalue weighted by molar-refractivity contribution is 5.31. The van der Waals surface area contributed by atoms with E-state index >= 15 is 0 Å². The second kappa shape index (κ2) is 7.05. The maximum atomic E-state index is 5.77. The number of hydrogen-bond donors (Lipinski definition) is 1. The third-order valence-electron chi connectivity index (χ3n) is 3.39. The van der Waals surface area contributed by atoms with Crippen LogP contribution in [0, 0.1) is 13.8 Å². The van der Waals surface area contributed by atoms with Crippen LogP contribution in [0.2, 0.25) is 0 Å². The van der Waals surface area contributed by atoms with Crippen molar-refractivity contribution in [1.29, 1.82) is 0 Å². The zero-order valence-corrected chi connectivity index (χ0v) is 12.2. The van der Waals surface area contributed by atoms with Crippen molar-refractivity contribution in [2.45, 2.75) is 39.8 Å². The van der Waals surface area contributed by atoms with Crippen LogP contribution in [0.25, 0.3) is 0 Å². The average Bonchev–Trinajstić information content (AvgIpc) is 2.81. The fourth-order valence-corrected chi connectivity index (χ4v) is 2.06. The van der Waals surface area contributed by atoms with E-state index in [1.807, 2.05) is 29.8 Å². The van der Waals surface area contributed by atoms with Gasteiger partial charge in [-0.1, -0.05) is 23.4 Å². The third kappa shape index (κ3) is 3.57. The summed E-state index contributed by atoms with van der Waals surface area (Å²) in [6.07, 6.45) is 2.01. The molecule has 1 aromatic carbocycles. The van der Waals surface area contributed by atoms with Gasteiger partial charge < -0.3 is 10.5 Å². The monoisotopic (exact) mass is 274 g/mol. The summed E-state index contributed by atoms with van der Waals surface area (Å²) in [6.45, 7) is 6.09. The lowest BCUT2D eigenvalue weighted by molar-refractivity contribution is 0.299. The summed E-state index contributed by atoms with van der Waals surface area (Å²) in [5.74, 6) is 0.967. The predicted molar refractivity (Wildman–Crippen MR) is 78.6 cm³/mol. The Kier molecular flexibility index (Phi) is 5.12. The molecule has 0 amide bonds. The van der Waals surface area contributed by atoms with Gasteiger partial charge in [-0.25, -0.2) is 4.68 Å². The van der Waals surface area contributed by atoms with Crippen molar-refractivity contribution in [3.63, 3.8) is 0 Å². The van der Waals surface area contributed by atoms with Crippen LogP contribution in [0.15, 0.2) is 24.3 Å². The largest absolute Gasteiger partial charge is 0.493 e. The molecule has 5 heteroatoms. The number of nitrogens with two attached hydrogens (primary N) is 1. The van der Waals surface area contributed by atoms with Crippen LogP contribution >= 0.6 is 0 Å². The zero-order chi connectivity index (χ0) is 14.4. The second-order valence-corrected chi connectivity index (χ2v) is 4.87. The molecule has 108 valence electrons. The molecular weight excluding hydrogens is 252 g/mol. The first-order chi connectivity index (χ1) is 9.72. The van der Waals surface area contributed by atoms with Gasteiger partial charge in [-0.2, -0.15) is 0 Å². The van der Waals surface area contributed by atoms with Crippen LogP contribution in [-0.2, 0) is 13.1 Å². The van der Waals surface area contributed by atoms with Gasteiger partial charge in [-0.3, -0.25) is 0 Å². The first-order valence-corrected chi connectivity index (χ1v) is 7.00. The smallest absolute Gasteiger partial charge is 0.122 e. The second-order valence-electron chi connectivity index (χ2n) is 4.87. The summed E-state index contributed by atoms with van der Waals surface area (Å²) in [7, 11) is 0. The minimum absolute atomic E-state index is 0.447. The molecule has 0 aliphatic heterocycles. The number of rotatable bonds is 7. The van der Waals surface area contributed by atoms with Crippen molar-refractivity contribution in [2.24, 2.45) is 5.73 Å². The highest BCUT2D eigenvalue weighted by Crippen LogP contribution is 2.16. The molecule has 2 aromatic rings. The molecule has 0 saturated heterocycles. The molecule has 1 heterocycles. The molecular formula is C15H22N4O. The van der Waals surface area contributed by atoms with Crippen LogP contribution in [0.1, 0.15) is 29.8 Å². The summed E-state index contributed by atoms with van der Waals surface area (Å²) in [6, 6.07) is 8.08. The molecule has 20 heavy (non-hydrogen) atoms. The van der Waals surface area contributed by atoms with Gasteiger partial charge in [-0.15, -0.1) is 5.10 Å². The lowest BCUT2D eigenvalue weighted by Crippen LogP contribution is -2.06. The summed E-state index contributed by atoms with van der Waals surface area (Å²) in [5, 5.41) is 8.15. The van der Waals surface area contributed by atoms with E-state index in [0.29, 0.717) is 6.54 Å². The Morgan fingerprint density at radius 3 is 2.70 bits per heavy atom. The van der Waals surface area contributed by atoms with E-state index in [1.165, 1.54) is 5.56 Å². The van der Waals surface area contributed by atoms with Gasteiger partial charge in [0, 0.05) is 13.1 Å². The van der Waals surface area contributed by atoms with Crippen LogP contribution in [-0.4, -0.2) is 21.6 Å².